The molecule has 0 atom stereocenters. The summed E-state index contributed by atoms with van der Waals surface area (Å²) in [5.74, 6) is -0.779. The van der Waals surface area contributed by atoms with E-state index in [0.717, 1.165) is 17.8 Å². The third-order valence-electron chi connectivity index (χ3n) is 3.51. The first-order chi connectivity index (χ1) is 13.6. The number of thioether (sulfide) groups is 1. The molecule has 0 aliphatic rings. The molecule has 0 fully saturated rings. The van der Waals surface area contributed by atoms with E-state index in [4.69, 9.17) is 5.26 Å². The predicted molar refractivity (Wildman–Crippen MR) is 94.3 cm³/mol. The van der Waals surface area contributed by atoms with E-state index in [1.54, 1.807) is 0 Å². The topological polar surface area (TPSA) is 75.0 Å². The van der Waals surface area contributed by atoms with Crippen molar-refractivity contribution < 1.29 is 31.5 Å². The van der Waals surface area contributed by atoms with Gasteiger partial charge in [0.1, 0.15) is 16.8 Å². The fraction of sp³-hybridized carbons (Fsp3) is 0.278. The molecular weight excluding hydrogens is 417 g/mol. The van der Waals surface area contributed by atoms with E-state index >= 15 is 0 Å². The fourth-order valence-corrected chi connectivity index (χ4v) is 3.13. The maximum Gasteiger partial charge on any atom is 0.417 e. The van der Waals surface area contributed by atoms with Crippen molar-refractivity contribution in [2.45, 2.75) is 31.3 Å². The highest BCUT2D eigenvalue weighted by Crippen LogP contribution is 2.35. The second-order valence-corrected chi connectivity index (χ2v) is 6.65. The lowest BCUT2D eigenvalue weighted by Crippen LogP contribution is -2.24. The summed E-state index contributed by atoms with van der Waals surface area (Å²) in [6, 6.07) is 7.88. The quantitative estimate of drug-likeness (QED) is 0.523. The summed E-state index contributed by atoms with van der Waals surface area (Å²) in [5.41, 5.74) is -1.04. The van der Waals surface area contributed by atoms with Gasteiger partial charge in [0.05, 0.1) is 16.9 Å². The molecule has 2 rings (SSSR count). The van der Waals surface area contributed by atoms with Gasteiger partial charge in [0.2, 0.25) is 5.91 Å². The first-order valence-corrected chi connectivity index (χ1v) is 9.01. The van der Waals surface area contributed by atoms with E-state index in [1.165, 1.54) is 37.3 Å². The van der Waals surface area contributed by atoms with Crippen molar-refractivity contribution >= 4 is 17.7 Å². The van der Waals surface area contributed by atoms with Gasteiger partial charge in [-0.3, -0.25) is 4.79 Å². The normalized spacial score (nSPS) is 11.2. The summed E-state index contributed by atoms with van der Waals surface area (Å²) in [4.78, 5) is 15.9. The first-order valence-electron chi connectivity index (χ1n) is 8.02. The molecule has 0 aliphatic carbocycles. The Morgan fingerprint density at radius 1 is 1.31 bits per heavy atom. The van der Waals surface area contributed by atoms with E-state index in [9.17, 15) is 26.7 Å². The molecule has 0 saturated heterocycles. The number of ether oxygens (including phenoxy) is 1. The average Bonchev–Trinajstić information content (AvgIpc) is 2.64. The maximum atomic E-state index is 13.1. The zero-order valence-corrected chi connectivity index (χ0v) is 15.7. The van der Waals surface area contributed by atoms with Gasteiger partial charge < -0.3 is 10.1 Å². The second-order valence-electron chi connectivity index (χ2n) is 5.69. The number of hydrogen-bond acceptors (Lipinski definition) is 5. The van der Waals surface area contributed by atoms with Crippen LogP contribution in [-0.4, -0.2) is 23.3 Å². The van der Waals surface area contributed by atoms with Crippen molar-refractivity contribution in [3.05, 3.63) is 52.7 Å². The number of halogens is 5. The number of aromatic nitrogens is 1. The van der Waals surface area contributed by atoms with Crippen LogP contribution in [0.25, 0.3) is 0 Å². The Balaban J connectivity index is 1.97. The smallest absolute Gasteiger partial charge is 0.417 e. The van der Waals surface area contributed by atoms with Crippen LogP contribution in [0.2, 0.25) is 0 Å². The van der Waals surface area contributed by atoms with Crippen molar-refractivity contribution in [1.82, 2.24) is 10.3 Å². The van der Waals surface area contributed by atoms with E-state index in [2.05, 4.69) is 15.0 Å². The number of nitrogens with zero attached hydrogens (tertiary/aromatic N) is 2. The van der Waals surface area contributed by atoms with Gasteiger partial charge in [-0.05, 0) is 30.7 Å². The van der Waals surface area contributed by atoms with E-state index in [1.807, 2.05) is 0 Å². The summed E-state index contributed by atoms with van der Waals surface area (Å²) < 4.78 is 67.7. The minimum atomic E-state index is -4.71. The van der Waals surface area contributed by atoms with Crippen LogP contribution in [0, 0.1) is 18.3 Å². The molecule has 29 heavy (non-hydrogen) atoms. The lowest BCUT2D eigenvalue weighted by molar-refractivity contribution is -0.138. The Hall–Kier alpha value is -2.87. The molecule has 1 aromatic carbocycles. The highest BCUT2D eigenvalue weighted by molar-refractivity contribution is 8.00. The Bertz CT molecular complexity index is 911. The van der Waals surface area contributed by atoms with Crippen LogP contribution in [0.15, 0.2) is 35.4 Å². The number of carbonyl (C=O) groups is 1. The van der Waals surface area contributed by atoms with Crippen molar-refractivity contribution in [3.8, 4) is 11.8 Å². The Kier molecular flexibility index (Phi) is 7.39. The van der Waals surface area contributed by atoms with Crippen molar-refractivity contribution in [2.75, 3.05) is 5.75 Å². The van der Waals surface area contributed by atoms with Crippen molar-refractivity contribution in [2.24, 2.45) is 0 Å². The molecule has 1 heterocycles. The van der Waals surface area contributed by atoms with Gasteiger partial charge >= 0.3 is 12.8 Å². The summed E-state index contributed by atoms with van der Waals surface area (Å²) in [7, 11) is 0. The standard InChI is InChI=1S/C18H14F5N3O2S/c1-10-6-14(18(21,22)23)13(7-24)16(26-10)29-9-15(27)25-8-11-2-4-12(5-3-11)28-17(19)20/h2-6,17H,8-9H2,1H3,(H,25,27). The molecule has 0 unspecified atom stereocenters. The Morgan fingerprint density at radius 2 is 1.97 bits per heavy atom. The maximum absolute atomic E-state index is 13.1. The second kappa shape index (κ2) is 9.56. The van der Waals surface area contributed by atoms with Crippen LogP contribution in [-0.2, 0) is 17.5 Å². The van der Waals surface area contributed by atoms with Gasteiger partial charge in [0.15, 0.2) is 0 Å². The van der Waals surface area contributed by atoms with Gasteiger partial charge in [-0.2, -0.15) is 27.2 Å². The van der Waals surface area contributed by atoms with Crippen molar-refractivity contribution in [1.29, 1.82) is 5.26 Å². The highest BCUT2D eigenvalue weighted by atomic mass is 32.2. The molecule has 1 aromatic heterocycles. The van der Waals surface area contributed by atoms with Crippen LogP contribution < -0.4 is 10.1 Å². The van der Waals surface area contributed by atoms with Crippen LogP contribution in [0.4, 0.5) is 22.0 Å². The van der Waals surface area contributed by atoms with E-state index in [-0.39, 0.29) is 28.8 Å². The van der Waals surface area contributed by atoms with Crippen molar-refractivity contribution in [3.63, 3.8) is 0 Å². The van der Waals surface area contributed by atoms with Gasteiger partial charge in [-0.25, -0.2) is 4.98 Å². The zero-order chi connectivity index (χ0) is 21.6. The number of rotatable bonds is 7. The number of aryl methyl sites for hydroxylation is 1. The van der Waals surface area contributed by atoms with Crippen LogP contribution in [0.1, 0.15) is 22.4 Å². The molecule has 154 valence electrons. The molecule has 11 heteroatoms. The number of amides is 1. The number of nitrogens with one attached hydrogen (secondary N) is 1. The number of carbonyl (C=O) groups excluding carboxylic acids is 1. The minimum absolute atomic E-state index is 0.0272. The molecule has 2 aromatic rings. The molecule has 5 nitrogen and oxygen atoms in total. The summed E-state index contributed by atoms with van der Waals surface area (Å²) in [6.45, 7) is -1.50. The number of hydrogen-bond donors (Lipinski definition) is 1. The lowest BCUT2D eigenvalue weighted by atomic mass is 10.1. The van der Waals surface area contributed by atoms with Gasteiger partial charge in [0, 0.05) is 12.2 Å². The molecular formula is C18H14F5N3O2S. The van der Waals surface area contributed by atoms with Crippen LogP contribution in [0.5, 0.6) is 5.75 Å². The summed E-state index contributed by atoms with van der Waals surface area (Å²) in [5, 5.41) is 11.5. The zero-order valence-electron chi connectivity index (χ0n) is 14.9. The number of pyridine rings is 1. The summed E-state index contributed by atoms with van der Waals surface area (Å²) in [6.07, 6.45) is -4.71. The lowest BCUT2D eigenvalue weighted by Gasteiger charge is -2.12. The highest BCUT2D eigenvalue weighted by Gasteiger charge is 2.35. The molecule has 0 saturated carbocycles. The third-order valence-corrected chi connectivity index (χ3v) is 4.49. The Morgan fingerprint density at radius 3 is 2.52 bits per heavy atom. The van der Waals surface area contributed by atoms with Gasteiger partial charge in [0.25, 0.3) is 0 Å². The molecule has 0 spiro atoms. The Labute approximate surface area is 166 Å². The molecule has 1 N–H and O–H groups in total. The van der Waals surface area contributed by atoms with E-state index in [0.29, 0.717) is 5.56 Å². The molecule has 0 radical (unpaired) electrons. The van der Waals surface area contributed by atoms with Gasteiger partial charge in [-0.15, -0.1) is 0 Å². The largest absolute Gasteiger partial charge is 0.435 e. The minimum Gasteiger partial charge on any atom is -0.435 e. The average molecular weight is 431 g/mol. The number of alkyl halides is 5. The first kappa shape index (κ1) is 22.4. The molecule has 1 amide bonds. The predicted octanol–water partition coefficient (Wildman–Crippen LogP) is 4.29. The van der Waals surface area contributed by atoms with E-state index < -0.39 is 29.8 Å². The number of nitriles is 1. The van der Waals surface area contributed by atoms with Crippen LogP contribution >= 0.6 is 11.8 Å². The number of benzene rings is 1. The monoisotopic (exact) mass is 431 g/mol. The van der Waals surface area contributed by atoms with Gasteiger partial charge in [-0.1, -0.05) is 23.9 Å². The summed E-state index contributed by atoms with van der Waals surface area (Å²) >= 11 is 0.720. The SMILES string of the molecule is Cc1cc(C(F)(F)F)c(C#N)c(SCC(=O)NCc2ccc(OC(F)F)cc2)n1. The molecule has 0 aliphatic heterocycles. The van der Waals surface area contributed by atoms with Crippen LogP contribution in [0.3, 0.4) is 0 Å². The third kappa shape index (κ3) is 6.60. The fourth-order valence-electron chi connectivity index (χ4n) is 2.25. The molecule has 0 bridgehead atoms.